The first kappa shape index (κ1) is 13.3. The minimum Gasteiger partial charge on any atom is -0.390 e. The predicted octanol–water partition coefficient (Wildman–Crippen LogP) is 2.84. The van der Waals surface area contributed by atoms with E-state index in [1.807, 2.05) is 30.5 Å². The Morgan fingerprint density at radius 3 is 2.90 bits per heavy atom. The van der Waals surface area contributed by atoms with Crippen molar-refractivity contribution >= 4 is 17.4 Å². The lowest BCUT2D eigenvalue weighted by atomic mass is 9.84. The van der Waals surface area contributed by atoms with Crippen LogP contribution >= 0.6 is 11.6 Å². The van der Waals surface area contributed by atoms with Gasteiger partial charge in [-0.25, -0.2) is 4.98 Å². The van der Waals surface area contributed by atoms with E-state index in [1.54, 1.807) is 18.6 Å². The van der Waals surface area contributed by atoms with Crippen molar-refractivity contribution in [3.63, 3.8) is 0 Å². The molecule has 5 heteroatoms. The van der Waals surface area contributed by atoms with Crippen LogP contribution in [-0.4, -0.2) is 20.4 Å². The Morgan fingerprint density at radius 1 is 1.45 bits per heavy atom. The number of aliphatic hydroxyl groups excluding tert-OH is 1. The third-order valence-corrected chi connectivity index (χ3v) is 4.34. The molecular weight excluding hydrogens is 276 g/mol. The maximum absolute atomic E-state index is 12.7. The molecule has 0 saturated heterocycles. The molecule has 0 saturated carbocycles. The Labute approximate surface area is 122 Å². The molecule has 4 nitrogen and oxygen atoms in total. The molecule has 1 N–H and O–H groups in total. The molecule has 0 radical (unpaired) electrons. The molecule has 0 spiro atoms. The molecule has 0 fully saturated rings. The summed E-state index contributed by atoms with van der Waals surface area (Å²) in [5, 5.41) is 9.91. The van der Waals surface area contributed by atoms with Gasteiger partial charge in [0, 0.05) is 5.56 Å². The lowest BCUT2D eigenvalue weighted by molar-refractivity contribution is 0.0817. The van der Waals surface area contributed by atoms with Gasteiger partial charge in [-0.15, -0.1) is 0 Å². The summed E-state index contributed by atoms with van der Waals surface area (Å²) in [4.78, 5) is 16.7. The molecule has 1 aromatic heterocycles. The Hall–Kier alpha value is -1.65. The standard InChI is InChI=1S/C15H15ClN2O2/c1-15(2)13(18-8-17-6-9(18)7-19)10-4-3-5-11(16)12(10)14(15)20/h3-6,8,13,19H,7H2,1-2H3/t13-/m0/s1. The number of aliphatic hydroxyl groups is 1. The molecule has 0 amide bonds. The summed E-state index contributed by atoms with van der Waals surface area (Å²) in [5.74, 6) is 0.0284. The molecule has 1 aliphatic rings. The number of halogens is 1. The molecular formula is C15H15ClN2O2. The highest BCUT2D eigenvalue weighted by Gasteiger charge is 2.48. The molecule has 0 unspecified atom stereocenters. The summed E-state index contributed by atoms with van der Waals surface area (Å²) in [7, 11) is 0. The van der Waals surface area contributed by atoms with Crippen molar-refractivity contribution in [2.75, 3.05) is 0 Å². The van der Waals surface area contributed by atoms with Crippen LogP contribution in [0.25, 0.3) is 0 Å². The smallest absolute Gasteiger partial charge is 0.172 e. The van der Waals surface area contributed by atoms with Gasteiger partial charge >= 0.3 is 0 Å². The highest BCUT2D eigenvalue weighted by atomic mass is 35.5. The van der Waals surface area contributed by atoms with Gasteiger partial charge in [-0.2, -0.15) is 0 Å². The molecule has 1 aromatic carbocycles. The molecule has 1 atom stereocenters. The normalized spacial score (nSPS) is 20.2. The Morgan fingerprint density at radius 2 is 2.20 bits per heavy atom. The van der Waals surface area contributed by atoms with E-state index in [4.69, 9.17) is 11.6 Å². The maximum Gasteiger partial charge on any atom is 0.172 e. The zero-order valence-electron chi connectivity index (χ0n) is 11.3. The van der Waals surface area contributed by atoms with Gasteiger partial charge in [0.15, 0.2) is 5.78 Å². The predicted molar refractivity (Wildman–Crippen MR) is 75.9 cm³/mol. The highest BCUT2D eigenvalue weighted by Crippen LogP contribution is 2.49. The SMILES string of the molecule is CC1(C)C(=O)c2c(Cl)cccc2[C@@H]1n1cncc1CO. The fourth-order valence-corrected chi connectivity index (χ4v) is 3.30. The van der Waals surface area contributed by atoms with Crippen molar-refractivity contribution < 1.29 is 9.90 Å². The zero-order chi connectivity index (χ0) is 14.5. The van der Waals surface area contributed by atoms with Crippen molar-refractivity contribution in [2.45, 2.75) is 26.5 Å². The summed E-state index contributed by atoms with van der Waals surface area (Å²) >= 11 is 6.20. The van der Waals surface area contributed by atoms with Crippen LogP contribution in [0.15, 0.2) is 30.7 Å². The van der Waals surface area contributed by atoms with E-state index in [1.165, 1.54) is 0 Å². The van der Waals surface area contributed by atoms with Crippen LogP contribution in [0.4, 0.5) is 0 Å². The van der Waals surface area contributed by atoms with Gasteiger partial charge < -0.3 is 9.67 Å². The van der Waals surface area contributed by atoms with Crippen LogP contribution in [0.1, 0.15) is 41.5 Å². The van der Waals surface area contributed by atoms with Crippen LogP contribution in [0.3, 0.4) is 0 Å². The number of rotatable bonds is 2. The van der Waals surface area contributed by atoms with Crippen LogP contribution in [-0.2, 0) is 6.61 Å². The fourth-order valence-electron chi connectivity index (χ4n) is 3.03. The summed E-state index contributed by atoms with van der Waals surface area (Å²) in [6, 6.07) is 5.30. The van der Waals surface area contributed by atoms with Crippen LogP contribution < -0.4 is 0 Å². The molecule has 20 heavy (non-hydrogen) atoms. The molecule has 1 aliphatic carbocycles. The molecule has 2 aromatic rings. The van der Waals surface area contributed by atoms with Crippen LogP contribution in [0.5, 0.6) is 0 Å². The van der Waals surface area contributed by atoms with Crippen molar-refractivity contribution in [3.8, 4) is 0 Å². The van der Waals surface area contributed by atoms with Gasteiger partial charge in [0.05, 0.1) is 41.3 Å². The molecule has 1 heterocycles. The number of hydrogen-bond donors (Lipinski definition) is 1. The Balaban J connectivity index is 2.26. The minimum absolute atomic E-state index is 0.0284. The topological polar surface area (TPSA) is 55.1 Å². The van der Waals surface area contributed by atoms with E-state index in [0.29, 0.717) is 16.3 Å². The van der Waals surface area contributed by atoms with Gasteiger partial charge in [0.2, 0.25) is 0 Å². The van der Waals surface area contributed by atoms with E-state index < -0.39 is 5.41 Å². The van der Waals surface area contributed by atoms with Crippen molar-refractivity contribution in [3.05, 3.63) is 52.6 Å². The Kier molecular flexibility index (Phi) is 2.96. The average Bonchev–Trinajstić information content (AvgIpc) is 2.92. The summed E-state index contributed by atoms with van der Waals surface area (Å²) < 4.78 is 1.86. The van der Waals surface area contributed by atoms with E-state index in [9.17, 15) is 9.90 Å². The van der Waals surface area contributed by atoms with E-state index in [0.717, 1.165) is 5.56 Å². The molecule has 3 rings (SSSR count). The summed E-state index contributed by atoms with van der Waals surface area (Å²) in [6.45, 7) is 3.69. The lowest BCUT2D eigenvalue weighted by Crippen LogP contribution is -2.29. The monoisotopic (exact) mass is 290 g/mol. The lowest BCUT2D eigenvalue weighted by Gasteiger charge is -2.28. The molecule has 104 valence electrons. The first-order valence-electron chi connectivity index (χ1n) is 6.43. The average molecular weight is 291 g/mol. The van der Waals surface area contributed by atoms with Crippen LogP contribution in [0, 0.1) is 5.41 Å². The second-order valence-electron chi connectivity index (χ2n) is 5.61. The maximum atomic E-state index is 12.7. The number of ketones is 1. The van der Waals surface area contributed by atoms with E-state index in [2.05, 4.69) is 4.98 Å². The van der Waals surface area contributed by atoms with Gasteiger partial charge in [0.25, 0.3) is 0 Å². The number of hydrogen-bond acceptors (Lipinski definition) is 3. The second kappa shape index (κ2) is 4.43. The number of carbonyl (C=O) groups is 1. The van der Waals surface area contributed by atoms with Crippen molar-refractivity contribution in [1.29, 1.82) is 0 Å². The first-order chi connectivity index (χ1) is 9.48. The number of imidazole rings is 1. The van der Waals surface area contributed by atoms with Gasteiger partial charge in [0.1, 0.15) is 0 Å². The van der Waals surface area contributed by atoms with Crippen LogP contribution in [0.2, 0.25) is 5.02 Å². The Bertz CT molecular complexity index is 691. The molecule has 0 bridgehead atoms. The van der Waals surface area contributed by atoms with Gasteiger partial charge in [-0.3, -0.25) is 4.79 Å². The van der Waals surface area contributed by atoms with Crippen molar-refractivity contribution in [1.82, 2.24) is 9.55 Å². The fraction of sp³-hybridized carbons (Fsp3) is 0.333. The number of fused-ring (bicyclic) bond motifs is 1. The quantitative estimate of drug-likeness (QED) is 0.925. The largest absolute Gasteiger partial charge is 0.390 e. The summed E-state index contributed by atoms with van der Waals surface area (Å²) in [6.07, 6.45) is 3.27. The molecule has 0 aliphatic heterocycles. The highest BCUT2D eigenvalue weighted by molar-refractivity contribution is 6.34. The number of nitrogens with zero attached hydrogens (tertiary/aromatic N) is 2. The number of Topliss-reactive ketones (excluding diaryl/α,β-unsaturated/α-hetero) is 1. The summed E-state index contributed by atoms with van der Waals surface area (Å²) in [5.41, 5.74) is 1.53. The van der Waals surface area contributed by atoms with Gasteiger partial charge in [-0.1, -0.05) is 37.6 Å². The minimum atomic E-state index is -0.627. The zero-order valence-corrected chi connectivity index (χ0v) is 12.1. The number of carbonyl (C=O) groups excluding carboxylic acids is 1. The van der Waals surface area contributed by atoms with E-state index >= 15 is 0 Å². The third-order valence-electron chi connectivity index (χ3n) is 4.02. The van der Waals surface area contributed by atoms with Gasteiger partial charge in [-0.05, 0) is 11.6 Å². The third kappa shape index (κ3) is 1.65. The first-order valence-corrected chi connectivity index (χ1v) is 6.81. The second-order valence-corrected chi connectivity index (χ2v) is 6.01. The van der Waals surface area contributed by atoms with Crippen molar-refractivity contribution in [2.24, 2.45) is 5.41 Å². The number of aromatic nitrogens is 2. The van der Waals surface area contributed by atoms with E-state index in [-0.39, 0.29) is 18.4 Å². The number of benzene rings is 1.